The second kappa shape index (κ2) is 11.6. The number of nitrogens with one attached hydrogen (secondary N) is 1. The Labute approximate surface area is 263 Å². The topological polar surface area (TPSA) is 120 Å². The predicted molar refractivity (Wildman–Crippen MR) is 176 cm³/mol. The van der Waals surface area contributed by atoms with Gasteiger partial charge in [-0.1, -0.05) is 48.2 Å². The maximum atomic E-state index is 13.6. The van der Waals surface area contributed by atoms with Crippen LogP contribution < -0.4 is 15.6 Å². The van der Waals surface area contributed by atoms with Gasteiger partial charge in [0.25, 0.3) is 0 Å². The zero-order chi connectivity index (χ0) is 31.8. The Balaban J connectivity index is 1.18. The fourth-order valence-corrected chi connectivity index (χ4v) is 5.85. The normalized spacial score (nSPS) is 12.0. The van der Waals surface area contributed by atoms with E-state index in [0.717, 1.165) is 22.4 Å². The number of carbonyl (C=O) groups is 2. The Morgan fingerprint density at radius 1 is 0.848 bits per heavy atom. The summed E-state index contributed by atoms with van der Waals surface area (Å²) in [7, 11) is 0. The van der Waals surface area contributed by atoms with E-state index in [0.29, 0.717) is 39.9 Å². The first-order chi connectivity index (χ1) is 22.4. The summed E-state index contributed by atoms with van der Waals surface area (Å²) in [4.78, 5) is 40.1. The molecule has 2 aliphatic heterocycles. The van der Waals surface area contributed by atoms with Gasteiger partial charge in [0.15, 0.2) is 5.43 Å². The Morgan fingerprint density at radius 3 is 2.46 bits per heavy atom. The number of phenols is 1. The van der Waals surface area contributed by atoms with Gasteiger partial charge in [0, 0.05) is 58.4 Å². The van der Waals surface area contributed by atoms with E-state index in [9.17, 15) is 24.6 Å². The lowest BCUT2D eigenvalue weighted by Gasteiger charge is -2.26. The molecule has 7 rings (SSSR count). The Hall–Kier alpha value is -6.33. The van der Waals surface area contributed by atoms with Crippen LogP contribution in [0.4, 0.5) is 11.4 Å². The van der Waals surface area contributed by atoms with Crippen molar-refractivity contribution in [2.45, 2.75) is 13.0 Å². The molecule has 46 heavy (non-hydrogen) atoms. The molecule has 0 radical (unpaired) electrons. The van der Waals surface area contributed by atoms with Crippen LogP contribution in [0.25, 0.3) is 33.4 Å². The first-order valence-electron chi connectivity index (χ1n) is 14.7. The highest BCUT2D eigenvalue weighted by Crippen LogP contribution is 2.42. The van der Waals surface area contributed by atoms with Crippen molar-refractivity contribution in [1.29, 1.82) is 0 Å². The van der Waals surface area contributed by atoms with Gasteiger partial charge in [-0.25, -0.2) is 4.79 Å². The molecule has 4 aromatic rings. The third-order valence-corrected chi connectivity index (χ3v) is 8.04. The van der Waals surface area contributed by atoms with Gasteiger partial charge in [-0.05, 0) is 65.7 Å². The van der Waals surface area contributed by atoms with Gasteiger partial charge in [-0.15, -0.1) is 0 Å². The van der Waals surface area contributed by atoms with E-state index in [1.165, 1.54) is 30.3 Å². The fourth-order valence-electron chi connectivity index (χ4n) is 5.85. The fraction of sp³-hybridized carbons (Fsp3) is 0.0789. The molecule has 0 aromatic heterocycles. The number of carbonyl (C=O) groups excluding carboxylic acids is 1. The number of hydrogen-bond acceptors (Lipinski definition) is 6. The molecule has 0 saturated carbocycles. The third kappa shape index (κ3) is 5.31. The van der Waals surface area contributed by atoms with Crippen molar-refractivity contribution in [2.24, 2.45) is 0 Å². The molecule has 0 spiro atoms. The molecule has 0 bridgehead atoms. The molecule has 1 aliphatic carbocycles. The molecule has 4 aromatic carbocycles. The van der Waals surface area contributed by atoms with E-state index in [4.69, 9.17) is 4.42 Å². The van der Waals surface area contributed by atoms with E-state index >= 15 is 0 Å². The monoisotopic (exact) mass is 606 g/mol. The van der Waals surface area contributed by atoms with E-state index in [-0.39, 0.29) is 41.4 Å². The molecule has 2 heterocycles. The number of carboxylic acids is 1. The molecule has 1 amide bonds. The minimum absolute atomic E-state index is 0.0243. The summed E-state index contributed by atoms with van der Waals surface area (Å²) < 4.78 is 5.91. The Bertz CT molecular complexity index is 2280. The molecule has 8 heteroatoms. The number of carboxylic acid groups (broad SMARTS) is 1. The molecule has 0 atom stereocenters. The highest BCUT2D eigenvalue weighted by atomic mass is 16.4. The van der Waals surface area contributed by atoms with Crippen LogP contribution in [0.15, 0.2) is 112 Å². The largest absolute Gasteiger partial charge is 0.508 e. The number of amides is 1. The SMILES string of the molecule is O=C(O)c1cc(NCCC(=O)N2Cc3ccccc3C#Cc3ccccc32)ccc1-c1c2ccc(=O)cc-2oc2cc(O)ccc12. The van der Waals surface area contributed by atoms with Gasteiger partial charge < -0.3 is 24.8 Å². The van der Waals surface area contributed by atoms with Gasteiger partial charge in [0.2, 0.25) is 5.91 Å². The molecule has 0 fully saturated rings. The number of para-hydroxylation sites is 1. The molecule has 0 saturated heterocycles. The lowest BCUT2D eigenvalue weighted by Crippen LogP contribution is -2.33. The standard InChI is InChI=1S/C38H26N2O6/c41-27-12-15-30-34(20-27)46-35-21-28(42)13-16-31(35)37(30)29-14-11-26(19-32(29)38(44)45)39-18-17-36(43)40-22-25-7-2-1-5-23(25)9-10-24-6-3-4-8-33(24)40/h1-8,11-16,19-21,39,41H,17-18,22H2,(H,44,45). The average molecular weight is 607 g/mol. The quantitative estimate of drug-likeness (QED) is 0.142. The number of phenolic OH excluding ortho intramolecular Hbond substituents is 1. The molecule has 224 valence electrons. The molecular formula is C38H26N2O6. The number of anilines is 2. The van der Waals surface area contributed by atoms with Gasteiger partial charge >= 0.3 is 5.97 Å². The lowest BCUT2D eigenvalue weighted by atomic mass is 9.90. The number of aromatic carboxylic acids is 1. The maximum absolute atomic E-state index is 13.6. The van der Waals surface area contributed by atoms with Crippen molar-refractivity contribution in [2.75, 3.05) is 16.8 Å². The second-order valence-corrected chi connectivity index (χ2v) is 11.0. The number of benzene rings is 5. The van der Waals surface area contributed by atoms with Crippen LogP contribution in [-0.2, 0) is 11.3 Å². The van der Waals surface area contributed by atoms with Gasteiger partial charge in [-0.2, -0.15) is 0 Å². The molecule has 0 unspecified atom stereocenters. The van der Waals surface area contributed by atoms with Gasteiger partial charge in [0.05, 0.1) is 17.8 Å². The second-order valence-electron chi connectivity index (χ2n) is 11.0. The smallest absolute Gasteiger partial charge is 0.336 e. The van der Waals surface area contributed by atoms with Crippen molar-refractivity contribution in [1.82, 2.24) is 0 Å². The zero-order valence-electron chi connectivity index (χ0n) is 24.4. The molecule has 8 nitrogen and oxygen atoms in total. The summed E-state index contributed by atoms with van der Waals surface area (Å²) >= 11 is 0. The number of hydrogen-bond donors (Lipinski definition) is 3. The van der Waals surface area contributed by atoms with Crippen LogP contribution in [0.5, 0.6) is 5.75 Å². The highest BCUT2D eigenvalue weighted by Gasteiger charge is 2.23. The molecular weight excluding hydrogens is 580 g/mol. The summed E-state index contributed by atoms with van der Waals surface area (Å²) in [5, 5.41) is 24.1. The number of fused-ring (bicyclic) bond motifs is 4. The van der Waals surface area contributed by atoms with Crippen molar-refractivity contribution in [3.63, 3.8) is 0 Å². The average Bonchev–Trinajstić information content (AvgIpc) is 3.04. The number of aromatic hydroxyl groups is 1. The van der Waals surface area contributed by atoms with Crippen molar-refractivity contribution in [3.8, 4) is 40.0 Å². The van der Waals surface area contributed by atoms with Crippen LogP contribution in [0.3, 0.4) is 0 Å². The van der Waals surface area contributed by atoms with E-state index in [1.807, 2.05) is 48.5 Å². The van der Waals surface area contributed by atoms with Crippen molar-refractivity contribution >= 4 is 34.2 Å². The van der Waals surface area contributed by atoms with Crippen molar-refractivity contribution in [3.05, 3.63) is 136 Å². The van der Waals surface area contributed by atoms with Crippen LogP contribution in [0.2, 0.25) is 0 Å². The van der Waals surface area contributed by atoms with E-state index in [1.54, 1.807) is 29.2 Å². The Morgan fingerprint density at radius 2 is 1.61 bits per heavy atom. The molecule has 3 N–H and O–H groups in total. The number of nitrogens with zero attached hydrogens (tertiary/aromatic N) is 1. The lowest BCUT2D eigenvalue weighted by molar-refractivity contribution is -0.118. The number of rotatable bonds is 6. The minimum atomic E-state index is -1.15. The first-order valence-corrected chi connectivity index (χ1v) is 14.7. The van der Waals surface area contributed by atoms with E-state index < -0.39 is 5.97 Å². The van der Waals surface area contributed by atoms with Gasteiger partial charge in [0.1, 0.15) is 17.1 Å². The highest BCUT2D eigenvalue weighted by molar-refractivity contribution is 6.08. The third-order valence-electron chi connectivity index (χ3n) is 8.04. The Kier molecular flexibility index (Phi) is 7.19. The van der Waals surface area contributed by atoms with E-state index in [2.05, 4.69) is 17.2 Å². The summed E-state index contributed by atoms with van der Waals surface area (Å²) in [6.45, 7) is 0.653. The predicted octanol–water partition coefficient (Wildman–Crippen LogP) is 6.72. The van der Waals surface area contributed by atoms with Gasteiger partial charge in [-0.3, -0.25) is 9.59 Å². The summed E-state index contributed by atoms with van der Waals surface area (Å²) in [6, 6.07) is 29.3. The minimum Gasteiger partial charge on any atom is -0.508 e. The molecule has 3 aliphatic rings. The van der Waals surface area contributed by atoms with Crippen LogP contribution in [0, 0.1) is 11.8 Å². The van der Waals surface area contributed by atoms with Crippen LogP contribution in [-0.4, -0.2) is 28.6 Å². The zero-order valence-corrected chi connectivity index (χ0v) is 24.4. The summed E-state index contributed by atoms with van der Waals surface area (Å²) in [5.41, 5.74) is 5.52. The van der Waals surface area contributed by atoms with Crippen molar-refractivity contribution < 1.29 is 24.2 Å². The van der Waals surface area contributed by atoms with Crippen LogP contribution >= 0.6 is 0 Å². The maximum Gasteiger partial charge on any atom is 0.336 e. The summed E-state index contributed by atoms with van der Waals surface area (Å²) in [6.07, 6.45) is 0.157. The van der Waals surface area contributed by atoms with Crippen LogP contribution in [0.1, 0.15) is 33.5 Å². The summed E-state index contributed by atoms with van der Waals surface area (Å²) in [5.74, 6) is 5.43. The first kappa shape index (κ1) is 28.4.